The molecular formula is C16H16FNO3. The van der Waals surface area contributed by atoms with Gasteiger partial charge in [-0.05, 0) is 37.1 Å². The minimum Gasteiger partial charge on any atom is -0.451 e. The van der Waals surface area contributed by atoms with Gasteiger partial charge in [0, 0.05) is 6.54 Å². The number of hydrogen-bond acceptors (Lipinski definition) is 3. The van der Waals surface area contributed by atoms with Crippen molar-refractivity contribution in [2.45, 2.75) is 18.9 Å². The molecule has 0 radical (unpaired) electrons. The van der Waals surface area contributed by atoms with Crippen molar-refractivity contribution < 1.29 is 18.7 Å². The van der Waals surface area contributed by atoms with Crippen molar-refractivity contribution in [1.82, 2.24) is 4.90 Å². The third-order valence-electron chi connectivity index (χ3n) is 3.80. The highest BCUT2D eigenvalue weighted by Crippen LogP contribution is 2.27. The minimum absolute atomic E-state index is 0.0490. The molecule has 1 aromatic heterocycles. The van der Waals surface area contributed by atoms with Crippen LogP contribution in [0.2, 0.25) is 0 Å². The monoisotopic (exact) mass is 289 g/mol. The molecule has 0 aliphatic carbocycles. The first-order valence-corrected chi connectivity index (χ1v) is 6.97. The van der Waals surface area contributed by atoms with E-state index in [9.17, 15) is 14.3 Å². The fourth-order valence-electron chi connectivity index (χ4n) is 2.69. The molecule has 0 saturated carbocycles. The number of aliphatic hydroxyl groups is 1. The van der Waals surface area contributed by atoms with E-state index in [2.05, 4.69) is 0 Å². The summed E-state index contributed by atoms with van der Waals surface area (Å²) in [6.07, 6.45) is 1.67. The van der Waals surface area contributed by atoms with E-state index in [1.54, 1.807) is 35.2 Å². The predicted molar refractivity (Wildman–Crippen MR) is 75.2 cm³/mol. The maximum absolute atomic E-state index is 13.7. The zero-order valence-electron chi connectivity index (χ0n) is 11.5. The lowest BCUT2D eigenvalue weighted by Gasteiger charge is -2.21. The molecule has 1 amide bonds. The third kappa shape index (κ3) is 2.56. The van der Waals surface area contributed by atoms with E-state index < -0.39 is 0 Å². The summed E-state index contributed by atoms with van der Waals surface area (Å²) in [5.74, 6) is -0.140. The summed E-state index contributed by atoms with van der Waals surface area (Å²) in [4.78, 5) is 14.0. The molecule has 5 heteroatoms. The highest BCUT2D eigenvalue weighted by molar-refractivity contribution is 5.92. The van der Waals surface area contributed by atoms with Gasteiger partial charge in [0.15, 0.2) is 5.76 Å². The molecule has 1 aromatic carbocycles. The van der Waals surface area contributed by atoms with Crippen molar-refractivity contribution in [3.05, 3.63) is 48.0 Å². The first-order chi connectivity index (χ1) is 10.2. The van der Waals surface area contributed by atoms with Gasteiger partial charge in [-0.25, -0.2) is 4.39 Å². The normalized spacial score (nSPS) is 18.2. The second-order valence-electron chi connectivity index (χ2n) is 5.12. The second kappa shape index (κ2) is 5.69. The Morgan fingerprint density at radius 1 is 1.33 bits per heavy atom. The van der Waals surface area contributed by atoms with Crippen LogP contribution in [0.15, 0.2) is 40.8 Å². The molecule has 110 valence electrons. The van der Waals surface area contributed by atoms with E-state index in [0.717, 1.165) is 12.8 Å². The van der Waals surface area contributed by atoms with E-state index in [1.165, 1.54) is 6.07 Å². The SMILES string of the molecule is O=C(c1ccc(-c2ccccc2F)o1)N1CCC[C@@H]1CO. The van der Waals surface area contributed by atoms with Gasteiger partial charge in [-0.2, -0.15) is 0 Å². The van der Waals surface area contributed by atoms with Crippen LogP contribution in [-0.4, -0.2) is 35.1 Å². The summed E-state index contributed by atoms with van der Waals surface area (Å²) in [7, 11) is 0. The highest BCUT2D eigenvalue weighted by Gasteiger charge is 2.30. The molecule has 2 heterocycles. The summed E-state index contributed by atoms with van der Waals surface area (Å²) in [5.41, 5.74) is 0.330. The van der Waals surface area contributed by atoms with Gasteiger partial charge in [0.1, 0.15) is 11.6 Å². The molecule has 1 aliphatic heterocycles. The maximum atomic E-state index is 13.7. The summed E-state index contributed by atoms with van der Waals surface area (Å²) >= 11 is 0. The number of likely N-dealkylation sites (tertiary alicyclic amines) is 1. The molecule has 1 saturated heterocycles. The minimum atomic E-state index is -0.389. The lowest BCUT2D eigenvalue weighted by Crippen LogP contribution is -2.37. The Hall–Kier alpha value is -2.14. The Morgan fingerprint density at radius 2 is 2.14 bits per heavy atom. The van der Waals surface area contributed by atoms with Crippen molar-refractivity contribution >= 4 is 5.91 Å². The molecule has 0 spiro atoms. The zero-order valence-corrected chi connectivity index (χ0v) is 11.5. The van der Waals surface area contributed by atoms with E-state index in [0.29, 0.717) is 17.9 Å². The molecule has 4 nitrogen and oxygen atoms in total. The van der Waals surface area contributed by atoms with Gasteiger partial charge < -0.3 is 14.4 Å². The maximum Gasteiger partial charge on any atom is 0.289 e. The number of nitrogens with zero attached hydrogens (tertiary/aromatic N) is 1. The Bertz CT molecular complexity index is 652. The zero-order chi connectivity index (χ0) is 14.8. The van der Waals surface area contributed by atoms with E-state index in [4.69, 9.17) is 4.42 Å². The molecule has 3 rings (SSSR count). The van der Waals surface area contributed by atoms with Gasteiger partial charge >= 0.3 is 0 Å². The van der Waals surface area contributed by atoms with E-state index in [-0.39, 0.29) is 30.1 Å². The number of furan rings is 1. The standard InChI is InChI=1S/C16H16FNO3/c17-13-6-2-1-5-12(13)14-7-8-15(21-14)16(20)18-9-3-4-11(18)10-19/h1-2,5-8,11,19H,3-4,9-10H2/t11-/m1/s1. The number of halogens is 1. The first kappa shape index (κ1) is 13.8. The Kier molecular flexibility index (Phi) is 3.75. The topological polar surface area (TPSA) is 53.7 Å². The average Bonchev–Trinajstić information content (AvgIpc) is 3.16. The van der Waals surface area contributed by atoms with E-state index in [1.807, 2.05) is 0 Å². The van der Waals surface area contributed by atoms with Crippen molar-refractivity contribution in [2.24, 2.45) is 0 Å². The molecule has 1 atom stereocenters. The Balaban J connectivity index is 1.85. The summed E-state index contributed by atoms with van der Waals surface area (Å²) < 4.78 is 19.2. The molecule has 2 aromatic rings. The van der Waals surface area contributed by atoms with Crippen LogP contribution < -0.4 is 0 Å². The van der Waals surface area contributed by atoms with Crippen LogP contribution in [0.3, 0.4) is 0 Å². The van der Waals surface area contributed by atoms with Crippen LogP contribution in [0.4, 0.5) is 4.39 Å². The number of amides is 1. The molecule has 0 bridgehead atoms. The van der Waals surface area contributed by atoms with Crippen LogP contribution >= 0.6 is 0 Å². The summed E-state index contributed by atoms with van der Waals surface area (Å²) in [6.45, 7) is 0.562. The predicted octanol–water partition coefficient (Wildman–Crippen LogP) is 2.68. The lowest BCUT2D eigenvalue weighted by atomic mass is 10.1. The van der Waals surface area contributed by atoms with Crippen LogP contribution in [0.5, 0.6) is 0 Å². The molecule has 21 heavy (non-hydrogen) atoms. The summed E-state index contributed by atoms with van der Waals surface area (Å²) in [5, 5.41) is 9.28. The fourth-order valence-corrected chi connectivity index (χ4v) is 2.69. The average molecular weight is 289 g/mol. The van der Waals surface area contributed by atoms with Gasteiger partial charge in [-0.1, -0.05) is 12.1 Å². The van der Waals surface area contributed by atoms with Crippen LogP contribution in [-0.2, 0) is 0 Å². The summed E-state index contributed by atoms with van der Waals surface area (Å²) in [6, 6.07) is 9.26. The quantitative estimate of drug-likeness (QED) is 0.945. The van der Waals surface area contributed by atoms with Crippen LogP contribution in [0.1, 0.15) is 23.4 Å². The van der Waals surface area contributed by atoms with Crippen LogP contribution in [0.25, 0.3) is 11.3 Å². The molecule has 1 aliphatic rings. The largest absolute Gasteiger partial charge is 0.451 e. The van der Waals surface area contributed by atoms with Gasteiger partial charge in [0.2, 0.25) is 0 Å². The highest BCUT2D eigenvalue weighted by atomic mass is 19.1. The lowest BCUT2D eigenvalue weighted by molar-refractivity contribution is 0.0647. The molecule has 1 N–H and O–H groups in total. The fraction of sp³-hybridized carbons (Fsp3) is 0.312. The van der Waals surface area contributed by atoms with Crippen molar-refractivity contribution in [3.63, 3.8) is 0 Å². The van der Waals surface area contributed by atoms with Crippen molar-refractivity contribution in [1.29, 1.82) is 0 Å². The number of carbonyl (C=O) groups excluding carboxylic acids is 1. The number of carbonyl (C=O) groups is 1. The molecule has 0 unspecified atom stereocenters. The number of rotatable bonds is 3. The smallest absolute Gasteiger partial charge is 0.289 e. The number of benzene rings is 1. The van der Waals surface area contributed by atoms with Gasteiger partial charge in [-0.15, -0.1) is 0 Å². The van der Waals surface area contributed by atoms with Gasteiger partial charge in [-0.3, -0.25) is 4.79 Å². The molecular weight excluding hydrogens is 273 g/mol. The van der Waals surface area contributed by atoms with E-state index >= 15 is 0 Å². The van der Waals surface area contributed by atoms with Gasteiger partial charge in [0.25, 0.3) is 5.91 Å². The Labute approximate surface area is 121 Å². The first-order valence-electron chi connectivity index (χ1n) is 6.97. The van der Waals surface area contributed by atoms with Crippen LogP contribution in [0, 0.1) is 5.82 Å². The van der Waals surface area contributed by atoms with Gasteiger partial charge in [0.05, 0.1) is 18.2 Å². The Morgan fingerprint density at radius 3 is 2.90 bits per heavy atom. The third-order valence-corrected chi connectivity index (χ3v) is 3.80. The van der Waals surface area contributed by atoms with Crippen molar-refractivity contribution in [2.75, 3.05) is 13.2 Å². The number of aliphatic hydroxyl groups excluding tert-OH is 1. The second-order valence-corrected chi connectivity index (χ2v) is 5.12. The number of hydrogen-bond donors (Lipinski definition) is 1. The molecule has 1 fully saturated rings. The van der Waals surface area contributed by atoms with Crippen molar-refractivity contribution in [3.8, 4) is 11.3 Å².